The summed E-state index contributed by atoms with van der Waals surface area (Å²) in [5.74, 6) is 5.37. The van der Waals surface area contributed by atoms with Gasteiger partial charge in [0.15, 0.2) is 0 Å². The van der Waals surface area contributed by atoms with Crippen molar-refractivity contribution >= 4 is 0 Å². The fraction of sp³-hybridized carbons (Fsp3) is 0.250. The van der Waals surface area contributed by atoms with Crippen LogP contribution in [-0.2, 0) is 11.8 Å². The van der Waals surface area contributed by atoms with Crippen LogP contribution in [0.2, 0.25) is 0 Å². The van der Waals surface area contributed by atoms with E-state index >= 15 is 0 Å². The number of terminal acetylenes is 2. The maximum Gasteiger partial charge on any atom is 0.133 e. The normalized spacial score (nSPS) is 17.1. The van der Waals surface area contributed by atoms with Crippen LogP contribution in [0.1, 0.15) is 17.7 Å². The van der Waals surface area contributed by atoms with Crippen LogP contribution in [0.15, 0.2) is 18.3 Å². The summed E-state index contributed by atoms with van der Waals surface area (Å²) < 4.78 is 0. The van der Waals surface area contributed by atoms with Crippen molar-refractivity contribution < 1.29 is 0 Å². The first-order valence-electron chi connectivity index (χ1n) is 4.22. The van der Waals surface area contributed by atoms with Crippen LogP contribution in [0.25, 0.3) is 0 Å². The van der Waals surface area contributed by atoms with Crippen LogP contribution >= 0.6 is 0 Å². The van der Waals surface area contributed by atoms with Crippen LogP contribution in [-0.4, -0.2) is 4.98 Å². The molecule has 0 spiro atoms. The summed E-state index contributed by atoms with van der Waals surface area (Å²) in [4.78, 5) is 4.27. The van der Waals surface area contributed by atoms with Gasteiger partial charge < -0.3 is 0 Å². The molecule has 1 heteroatoms. The molecule has 1 aliphatic carbocycles. The number of aryl methyl sites for hydroxylation is 1. The smallest absolute Gasteiger partial charge is 0.133 e. The van der Waals surface area contributed by atoms with Gasteiger partial charge in [-0.3, -0.25) is 4.98 Å². The summed E-state index contributed by atoms with van der Waals surface area (Å²) in [5.41, 5.74) is 1.55. The number of aromatic nitrogens is 1. The lowest BCUT2D eigenvalue weighted by molar-refractivity contribution is 0.691. The number of pyridine rings is 1. The minimum atomic E-state index is -0.545. The predicted octanol–water partition coefficient (Wildman–Crippen LogP) is 1.53. The van der Waals surface area contributed by atoms with Crippen LogP contribution in [0, 0.1) is 24.7 Å². The maximum atomic E-state index is 5.46. The molecule has 0 radical (unpaired) electrons. The Morgan fingerprint density at radius 1 is 1.38 bits per heavy atom. The molecule has 1 heterocycles. The third kappa shape index (κ3) is 0.945. The second-order valence-electron chi connectivity index (χ2n) is 3.21. The highest BCUT2D eigenvalue weighted by molar-refractivity contribution is 5.47. The van der Waals surface area contributed by atoms with E-state index in [-0.39, 0.29) is 0 Å². The van der Waals surface area contributed by atoms with Crippen molar-refractivity contribution in [2.24, 2.45) is 0 Å². The fourth-order valence-corrected chi connectivity index (χ4v) is 1.79. The van der Waals surface area contributed by atoms with Gasteiger partial charge in [0.05, 0.1) is 5.69 Å². The SMILES string of the molecule is C#CC1(C#C)CCc2cccnc21. The number of hydrogen-bond donors (Lipinski definition) is 0. The van der Waals surface area contributed by atoms with Crippen molar-refractivity contribution in [3.8, 4) is 24.7 Å². The van der Waals surface area contributed by atoms with E-state index in [1.165, 1.54) is 5.56 Å². The van der Waals surface area contributed by atoms with Crippen LogP contribution in [0.4, 0.5) is 0 Å². The molecule has 0 unspecified atom stereocenters. The van der Waals surface area contributed by atoms with E-state index in [0.29, 0.717) is 0 Å². The summed E-state index contributed by atoms with van der Waals surface area (Å²) in [7, 11) is 0. The number of hydrogen-bond acceptors (Lipinski definition) is 1. The summed E-state index contributed by atoms with van der Waals surface area (Å²) in [6.45, 7) is 0. The molecule has 0 saturated heterocycles. The van der Waals surface area contributed by atoms with Crippen LogP contribution in [0.5, 0.6) is 0 Å². The maximum absolute atomic E-state index is 5.46. The lowest BCUT2D eigenvalue weighted by Gasteiger charge is -2.14. The zero-order valence-corrected chi connectivity index (χ0v) is 7.25. The molecule has 0 bridgehead atoms. The molecule has 0 atom stereocenters. The highest BCUT2D eigenvalue weighted by atomic mass is 14.7. The molecule has 2 rings (SSSR count). The summed E-state index contributed by atoms with van der Waals surface area (Å²) >= 11 is 0. The van der Waals surface area contributed by atoms with Crippen molar-refractivity contribution in [3.63, 3.8) is 0 Å². The van der Waals surface area contributed by atoms with Gasteiger partial charge in [-0.15, -0.1) is 12.8 Å². The van der Waals surface area contributed by atoms with Crippen LogP contribution < -0.4 is 0 Å². The average Bonchev–Trinajstić information content (AvgIpc) is 2.58. The van der Waals surface area contributed by atoms with Crippen molar-refractivity contribution in [2.45, 2.75) is 18.3 Å². The standard InChI is InChI=1S/C12H9N/c1-3-12(4-2)8-7-10-6-5-9-13-11(10)12/h1-2,5-6,9H,7-8H2. The molecule has 0 fully saturated rings. The van der Waals surface area contributed by atoms with Gasteiger partial charge in [0, 0.05) is 6.20 Å². The Hall–Kier alpha value is -1.73. The van der Waals surface area contributed by atoms with Crippen molar-refractivity contribution in [3.05, 3.63) is 29.6 Å². The summed E-state index contributed by atoms with van der Waals surface area (Å²) in [6, 6.07) is 3.96. The van der Waals surface area contributed by atoms with E-state index in [9.17, 15) is 0 Å². The predicted molar refractivity (Wildman–Crippen MR) is 51.9 cm³/mol. The van der Waals surface area contributed by atoms with Gasteiger partial charge >= 0.3 is 0 Å². The Morgan fingerprint density at radius 3 is 2.85 bits per heavy atom. The molecule has 0 aliphatic heterocycles. The quantitative estimate of drug-likeness (QED) is 0.534. The molecule has 0 aromatic carbocycles. The topological polar surface area (TPSA) is 12.9 Å². The monoisotopic (exact) mass is 167 g/mol. The molecule has 0 N–H and O–H groups in total. The first kappa shape index (κ1) is 7.90. The molecule has 1 aromatic heterocycles. The molecule has 1 nitrogen and oxygen atoms in total. The second-order valence-corrected chi connectivity index (χ2v) is 3.21. The Labute approximate surface area is 78.2 Å². The van der Waals surface area contributed by atoms with E-state index in [1.807, 2.05) is 12.1 Å². The largest absolute Gasteiger partial charge is 0.258 e. The first-order valence-corrected chi connectivity index (χ1v) is 4.22. The second kappa shape index (κ2) is 2.64. The lowest BCUT2D eigenvalue weighted by atomic mass is 9.87. The Bertz CT molecular complexity index is 403. The molecule has 0 amide bonds. The summed E-state index contributed by atoms with van der Waals surface area (Å²) in [5, 5.41) is 0. The third-order valence-electron chi connectivity index (χ3n) is 2.56. The fourth-order valence-electron chi connectivity index (χ4n) is 1.79. The van der Waals surface area contributed by atoms with Gasteiger partial charge in [-0.2, -0.15) is 0 Å². The number of rotatable bonds is 0. The van der Waals surface area contributed by atoms with Crippen LogP contribution in [0.3, 0.4) is 0 Å². The van der Waals surface area contributed by atoms with Gasteiger partial charge in [0.1, 0.15) is 5.41 Å². The molecule has 62 valence electrons. The summed E-state index contributed by atoms with van der Waals surface area (Å²) in [6.07, 6.45) is 14.4. The molecule has 1 aromatic rings. The van der Waals surface area contributed by atoms with Gasteiger partial charge in [-0.1, -0.05) is 17.9 Å². The van der Waals surface area contributed by atoms with Crippen molar-refractivity contribution in [1.82, 2.24) is 4.98 Å². The van der Waals surface area contributed by atoms with Crippen molar-refractivity contribution in [2.75, 3.05) is 0 Å². The zero-order chi connectivity index (χ0) is 9.31. The van der Waals surface area contributed by atoms with Gasteiger partial charge in [0.25, 0.3) is 0 Å². The zero-order valence-electron chi connectivity index (χ0n) is 7.25. The molecule has 13 heavy (non-hydrogen) atoms. The molecule has 1 aliphatic rings. The minimum absolute atomic E-state index is 0.545. The van der Waals surface area contributed by atoms with Gasteiger partial charge in [0.2, 0.25) is 0 Å². The Balaban J connectivity index is 2.63. The Morgan fingerprint density at radius 2 is 2.15 bits per heavy atom. The van der Waals surface area contributed by atoms with Gasteiger partial charge in [-0.25, -0.2) is 0 Å². The average molecular weight is 167 g/mol. The van der Waals surface area contributed by atoms with E-state index < -0.39 is 5.41 Å². The Kier molecular flexibility index (Phi) is 1.61. The highest BCUT2D eigenvalue weighted by Gasteiger charge is 2.36. The molecular weight excluding hydrogens is 158 g/mol. The minimum Gasteiger partial charge on any atom is -0.258 e. The van der Waals surface area contributed by atoms with E-state index in [4.69, 9.17) is 12.8 Å². The van der Waals surface area contributed by atoms with E-state index in [1.54, 1.807) is 6.20 Å². The highest BCUT2D eigenvalue weighted by Crippen LogP contribution is 2.35. The van der Waals surface area contributed by atoms with Gasteiger partial charge in [-0.05, 0) is 24.5 Å². The third-order valence-corrected chi connectivity index (χ3v) is 2.56. The number of nitrogens with zero attached hydrogens (tertiary/aromatic N) is 1. The van der Waals surface area contributed by atoms with Crippen molar-refractivity contribution in [1.29, 1.82) is 0 Å². The molecule has 0 saturated carbocycles. The van der Waals surface area contributed by atoms with E-state index in [2.05, 4.69) is 16.8 Å². The van der Waals surface area contributed by atoms with E-state index in [0.717, 1.165) is 18.5 Å². The first-order chi connectivity index (χ1) is 6.32. The lowest BCUT2D eigenvalue weighted by Crippen LogP contribution is -2.18. The molecular formula is C12H9N. The number of fused-ring (bicyclic) bond motifs is 1.